The maximum atomic E-state index is 12.9. The summed E-state index contributed by atoms with van der Waals surface area (Å²) >= 11 is 0. The molecule has 4 rings (SSSR count). The molecule has 40 heavy (non-hydrogen) atoms. The van der Waals surface area contributed by atoms with E-state index >= 15 is 0 Å². The maximum Gasteiger partial charge on any atom is 0.336 e. The van der Waals surface area contributed by atoms with Gasteiger partial charge >= 0.3 is 17.9 Å². The summed E-state index contributed by atoms with van der Waals surface area (Å²) in [4.78, 5) is 46.7. The van der Waals surface area contributed by atoms with Crippen molar-refractivity contribution in [2.75, 3.05) is 13.7 Å². The van der Waals surface area contributed by atoms with Crippen molar-refractivity contribution in [1.29, 1.82) is 0 Å². The second kappa shape index (κ2) is 12.4. The largest absolute Gasteiger partial charge is 0.481 e. The SMILES string of the molecule is COC(=O)C1=C(C)NC(C)C(CCOC(=O)/C=C/c2ccc(Cn3ccnc3)cc2)(C(=O)O)C1c1ccccn1. The van der Waals surface area contributed by atoms with Gasteiger partial charge < -0.3 is 24.5 Å². The number of benzene rings is 1. The summed E-state index contributed by atoms with van der Waals surface area (Å²) in [7, 11) is 1.25. The fourth-order valence-corrected chi connectivity index (χ4v) is 5.23. The number of hydrogen-bond acceptors (Lipinski definition) is 8. The Hall–Kier alpha value is -4.73. The van der Waals surface area contributed by atoms with Gasteiger partial charge in [0.1, 0.15) is 5.41 Å². The number of hydrogen-bond donors (Lipinski definition) is 2. The molecule has 3 heterocycles. The van der Waals surface area contributed by atoms with Gasteiger partial charge in [0, 0.05) is 55.1 Å². The molecule has 3 unspecified atom stereocenters. The third-order valence-electron chi connectivity index (χ3n) is 7.28. The summed E-state index contributed by atoms with van der Waals surface area (Å²) in [6.45, 7) is 3.96. The molecular weight excluding hydrogens is 512 g/mol. The van der Waals surface area contributed by atoms with Crippen LogP contribution in [-0.2, 0) is 30.4 Å². The van der Waals surface area contributed by atoms with Crippen LogP contribution in [0.2, 0.25) is 0 Å². The van der Waals surface area contributed by atoms with Crippen LogP contribution in [0, 0.1) is 5.41 Å². The molecule has 0 bridgehead atoms. The van der Waals surface area contributed by atoms with Crippen molar-refractivity contribution in [1.82, 2.24) is 19.9 Å². The van der Waals surface area contributed by atoms with Crippen molar-refractivity contribution in [3.63, 3.8) is 0 Å². The number of pyridine rings is 1. The van der Waals surface area contributed by atoms with E-state index in [1.807, 2.05) is 35.0 Å². The molecule has 10 heteroatoms. The van der Waals surface area contributed by atoms with Gasteiger partial charge in [-0.3, -0.25) is 9.78 Å². The average Bonchev–Trinajstić information content (AvgIpc) is 3.46. The van der Waals surface area contributed by atoms with Gasteiger partial charge in [-0.25, -0.2) is 14.6 Å². The number of carboxylic acids is 1. The van der Waals surface area contributed by atoms with Crippen molar-refractivity contribution in [3.8, 4) is 0 Å². The summed E-state index contributed by atoms with van der Waals surface area (Å²) in [5.74, 6) is -3.31. The molecule has 0 saturated carbocycles. The second-order valence-corrected chi connectivity index (χ2v) is 9.66. The zero-order valence-corrected chi connectivity index (χ0v) is 22.6. The molecule has 0 radical (unpaired) electrons. The van der Waals surface area contributed by atoms with Gasteiger partial charge in [-0.05, 0) is 43.2 Å². The number of nitrogens with zero attached hydrogens (tertiary/aromatic N) is 3. The number of esters is 2. The van der Waals surface area contributed by atoms with Gasteiger partial charge in [0.15, 0.2) is 0 Å². The third-order valence-corrected chi connectivity index (χ3v) is 7.28. The lowest BCUT2D eigenvalue weighted by molar-refractivity contribution is -0.156. The molecule has 0 fully saturated rings. The molecule has 1 aliphatic rings. The number of ether oxygens (including phenoxy) is 2. The van der Waals surface area contributed by atoms with Gasteiger partial charge in [0.05, 0.1) is 31.5 Å². The lowest BCUT2D eigenvalue weighted by atomic mass is 9.61. The van der Waals surface area contributed by atoms with Crippen LogP contribution in [0.3, 0.4) is 0 Å². The Morgan fingerprint density at radius 3 is 2.55 bits per heavy atom. The number of carboxylic acid groups (broad SMARTS) is 1. The lowest BCUT2D eigenvalue weighted by Crippen LogP contribution is -2.57. The van der Waals surface area contributed by atoms with Crippen LogP contribution in [0.5, 0.6) is 0 Å². The molecule has 0 aliphatic carbocycles. The molecule has 1 aromatic carbocycles. The predicted molar refractivity (Wildman–Crippen MR) is 147 cm³/mol. The Morgan fingerprint density at radius 1 is 1.15 bits per heavy atom. The number of carbonyl (C=O) groups is 3. The van der Waals surface area contributed by atoms with Crippen LogP contribution < -0.4 is 5.32 Å². The van der Waals surface area contributed by atoms with Gasteiger partial charge in [-0.15, -0.1) is 0 Å². The van der Waals surface area contributed by atoms with Crippen molar-refractivity contribution in [2.24, 2.45) is 5.41 Å². The molecule has 10 nitrogen and oxygen atoms in total. The molecule has 3 atom stereocenters. The van der Waals surface area contributed by atoms with Crippen molar-refractivity contribution in [2.45, 2.75) is 38.8 Å². The first kappa shape index (κ1) is 28.3. The van der Waals surface area contributed by atoms with E-state index in [0.717, 1.165) is 11.1 Å². The van der Waals surface area contributed by atoms with Crippen LogP contribution in [0.15, 0.2) is 84.7 Å². The summed E-state index contributed by atoms with van der Waals surface area (Å²) in [6.07, 6.45) is 9.78. The minimum absolute atomic E-state index is 0.0615. The molecule has 208 valence electrons. The van der Waals surface area contributed by atoms with E-state index in [2.05, 4.69) is 15.3 Å². The van der Waals surface area contributed by atoms with E-state index in [4.69, 9.17) is 9.47 Å². The molecule has 0 spiro atoms. The monoisotopic (exact) mass is 544 g/mol. The first-order chi connectivity index (χ1) is 19.3. The molecule has 2 aromatic heterocycles. The summed E-state index contributed by atoms with van der Waals surface area (Å²) < 4.78 is 12.4. The number of carbonyl (C=O) groups excluding carboxylic acids is 2. The van der Waals surface area contributed by atoms with E-state index in [1.165, 1.54) is 13.2 Å². The Morgan fingerprint density at radius 2 is 1.93 bits per heavy atom. The fourth-order valence-electron chi connectivity index (χ4n) is 5.23. The number of aromatic nitrogens is 3. The third kappa shape index (κ3) is 5.96. The fraction of sp³-hybridized carbons (Fsp3) is 0.300. The number of imidazole rings is 1. The molecule has 1 aliphatic heterocycles. The second-order valence-electron chi connectivity index (χ2n) is 9.66. The van der Waals surface area contributed by atoms with Crippen molar-refractivity contribution < 1.29 is 29.0 Å². The molecule has 3 aromatic rings. The molecular formula is C30H32N4O6. The van der Waals surface area contributed by atoms with Crippen molar-refractivity contribution in [3.05, 3.63) is 102 Å². The normalized spacial score (nSPS) is 20.7. The highest BCUT2D eigenvalue weighted by Gasteiger charge is 2.57. The first-order valence-corrected chi connectivity index (χ1v) is 12.9. The van der Waals surface area contributed by atoms with Crippen LogP contribution >= 0.6 is 0 Å². The van der Waals surface area contributed by atoms with E-state index in [1.54, 1.807) is 56.8 Å². The van der Waals surface area contributed by atoms with E-state index in [-0.39, 0.29) is 18.6 Å². The number of allylic oxidation sites excluding steroid dienone is 1. The van der Waals surface area contributed by atoms with Gasteiger partial charge in [0.25, 0.3) is 0 Å². The maximum absolute atomic E-state index is 12.9. The highest BCUT2D eigenvalue weighted by Crippen LogP contribution is 2.50. The number of methoxy groups -OCH3 is 1. The quantitative estimate of drug-likeness (QED) is 0.290. The topological polar surface area (TPSA) is 133 Å². The van der Waals surface area contributed by atoms with E-state index in [9.17, 15) is 19.5 Å². The minimum Gasteiger partial charge on any atom is -0.481 e. The Kier molecular flexibility index (Phi) is 8.78. The van der Waals surface area contributed by atoms with E-state index < -0.39 is 35.3 Å². The van der Waals surface area contributed by atoms with Crippen LogP contribution in [0.25, 0.3) is 6.08 Å². The van der Waals surface area contributed by atoms with E-state index in [0.29, 0.717) is 17.9 Å². The van der Waals surface area contributed by atoms with Gasteiger partial charge in [-0.1, -0.05) is 30.3 Å². The highest BCUT2D eigenvalue weighted by molar-refractivity contribution is 5.94. The number of nitrogens with one attached hydrogen (secondary N) is 1. The Bertz CT molecular complexity index is 1400. The Labute approximate surface area is 232 Å². The van der Waals surface area contributed by atoms with Gasteiger partial charge in [0.2, 0.25) is 0 Å². The number of aliphatic carboxylic acids is 1. The standard InChI is InChI=1S/C30H32N4O6/c1-20-26(28(36)39-3)27(24-6-4-5-14-32-24)30(29(37)38,21(2)33-20)13-17-40-25(35)12-11-22-7-9-23(10-8-22)18-34-16-15-31-19-34/h4-12,14-16,19,21,27,33H,13,17-18H2,1-3H3,(H,37,38)/b12-11+. The average molecular weight is 545 g/mol. The summed E-state index contributed by atoms with van der Waals surface area (Å²) in [6, 6.07) is 12.2. The predicted octanol–water partition coefficient (Wildman–Crippen LogP) is 3.57. The van der Waals surface area contributed by atoms with Crippen LogP contribution in [0.4, 0.5) is 0 Å². The smallest absolute Gasteiger partial charge is 0.336 e. The zero-order valence-electron chi connectivity index (χ0n) is 22.6. The summed E-state index contributed by atoms with van der Waals surface area (Å²) in [5, 5.41) is 13.7. The van der Waals surface area contributed by atoms with Crippen LogP contribution in [-0.4, -0.2) is 57.3 Å². The molecule has 0 amide bonds. The highest BCUT2D eigenvalue weighted by atomic mass is 16.5. The number of rotatable bonds is 10. The zero-order chi connectivity index (χ0) is 28.7. The lowest BCUT2D eigenvalue weighted by Gasteiger charge is -2.46. The Balaban J connectivity index is 1.49. The first-order valence-electron chi connectivity index (χ1n) is 12.9. The summed E-state index contributed by atoms with van der Waals surface area (Å²) in [5.41, 5.74) is 1.47. The van der Waals surface area contributed by atoms with Crippen molar-refractivity contribution >= 4 is 24.0 Å². The molecule has 0 saturated heterocycles. The van der Waals surface area contributed by atoms with Crippen LogP contribution in [0.1, 0.15) is 43.0 Å². The molecule has 2 N–H and O–H groups in total. The van der Waals surface area contributed by atoms with Gasteiger partial charge in [-0.2, -0.15) is 0 Å². The minimum atomic E-state index is -1.55.